The van der Waals surface area contributed by atoms with Crippen LogP contribution in [0.3, 0.4) is 0 Å². The first-order valence-electron chi connectivity index (χ1n) is 8.87. The monoisotopic (exact) mass is 378 g/mol. The van der Waals surface area contributed by atoms with E-state index in [1.807, 2.05) is 31.2 Å². The standard InChI is InChI=1S/C20H24Cl2N2O/c1-2-25-20-9-6-16(21)12-15(20)14-23-17-7-8-19(18(22)13-17)24-10-4-3-5-11-24/h6-9,12-13,23H,2-5,10-11,14H2,1H3. The molecule has 1 saturated heterocycles. The lowest BCUT2D eigenvalue weighted by molar-refractivity contribution is 0.337. The molecule has 0 aromatic heterocycles. The lowest BCUT2D eigenvalue weighted by Crippen LogP contribution is -2.29. The molecule has 1 N–H and O–H groups in total. The van der Waals surface area contributed by atoms with Gasteiger partial charge in [-0.25, -0.2) is 0 Å². The Morgan fingerprint density at radius 3 is 2.56 bits per heavy atom. The number of rotatable bonds is 6. The summed E-state index contributed by atoms with van der Waals surface area (Å²) < 4.78 is 5.67. The molecule has 3 rings (SSSR count). The molecule has 1 aliphatic heterocycles. The summed E-state index contributed by atoms with van der Waals surface area (Å²) in [5, 5.41) is 4.92. The van der Waals surface area contributed by atoms with Crippen molar-refractivity contribution in [2.24, 2.45) is 0 Å². The Morgan fingerprint density at radius 2 is 1.84 bits per heavy atom. The average molecular weight is 379 g/mol. The van der Waals surface area contributed by atoms with Crippen LogP contribution in [0.25, 0.3) is 0 Å². The van der Waals surface area contributed by atoms with Gasteiger partial charge in [0.2, 0.25) is 0 Å². The molecule has 1 fully saturated rings. The van der Waals surface area contributed by atoms with Crippen molar-refractivity contribution in [1.29, 1.82) is 0 Å². The quantitative estimate of drug-likeness (QED) is 0.667. The molecule has 0 unspecified atom stereocenters. The highest BCUT2D eigenvalue weighted by Gasteiger charge is 2.14. The molecule has 0 saturated carbocycles. The molecule has 2 aromatic carbocycles. The third-order valence-corrected chi connectivity index (χ3v) is 4.99. The predicted octanol–water partition coefficient (Wildman–Crippen LogP) is 5.99. The van der Waals surface area contributed by atoms with Crippen molar-refractivity contribution in [3.05, 3.63) is 52.0 Å². The van der Waals surface area contributed by atoms with Crippen molar-refractivity contribution in [2.45, 2.75) is 32.7 Å². The predicted molar refractivity (Wildman–Crippen MR) is 107 cm³/mol. The van der Waals surface area contributed by atoms with E-state index >= 15 is 0 Å². The summed E-state index contributed by atoms with van der Waals surface area (Å²) in [5.41, 5.74) is 3.16. The SMILES string of the molecule is CCOc1ccc(Cl)cc1CNc1ccc(N2CCCCC2)c(Cl)c1. The topological polar surface area (TPSA) is 24.5 Å². The molecular formula is C20H24Cl2N2O. The molecular weight excluding hydrogens is 355 g/mol. The van der Waals surface area contributed by atoms with Crippen LogP contribution in [0.4, 0.5) is 11.4 Å². The van der Waals surface area contributed by atoms with Crippen LogP contribution in [0.5, 0.6) is 5.75 Å². The lowest BCUT2D eigenvalue weighted by atomic mass is 10.1. The fourth-order valence-corrected chi connectivity index (χ4v) is 3.68. The maximum Gasteiger partial charge on any atom is 0.124 e. The first-order chi connectivity index (χ1) is 12.2. The number of piperidine rings is 1. The van der Waals surface area contributed by atoms with E-state index in [4.69, 9.17) is 27.9 Å². The van der Waals surface area contributed by atoms with Gasteiger partial charge in [0.15, 0.2) is 0 Å². The van der Waals surface area contributed by atoms with Gasteiger partial charge in [-0.05, 0) is 62.6 Å². The summed E-state index contributed by atoms with van der Waals surface area (Å²) in [6.07, 6.45) is 3.80. The van der Waals surface area contributed by atoms with E-state index in [0.717, 1.165) is 40.8 Å². The highest BCUT2D eigenvalue weighted by molar-refractivity contribution is 6.33. The van der Waals surface area contributed by atoms with Gasteiger partial charge in [-0.3, -0.25) is 0 Å². The van der Waals surface area contributed by atoms with Crippen molar-refractivity contribution in [3.8, 4) is 5.75 Å². The number of ether oxygens (including phenoxy) is 1. The van der Waals surface area contributed by atoms with Gasteiger partial charge in [-0.15, -0.1) is 0 Å². The molecule has 5 heteroatoms. The minimum absolute atomic E-state index is 0.630. The Morgan fingerprint density at radius 1 is 1.04 bits per heavy atom. The molecule has 1 aliphatic rings. The fourth-order valence-electron chi connectivity index (χ4n) is 3.19. The van der Waals surface area contributed by atoms with Crippen LogP contribution in [0.15, 0.2) is 36.4 Å². The molecule has 0 aliphatic carbocycles. The summed E-state index contributed by atoms with van der Waals surface area (Å²) in [6, 6.07) is 11.9. The number of hydrogen-bond donors (Lipinski definition) is 1. The second-order valence-corrected chi connectivity index (χ2v) is 7.10. The van der Waals surface area contributed by atoms with Crippen LogP contribution >= 0.6 is 23.2 Å². The largest absolute Gasteiger partial charge is 0.494 e. The molecule has 0 radical (unpaired) electrons. The van der Waals surface area contributed by atoms with Crippen LogP contribution in [0.2, 0.25) is 10.0 Å². The minimum Gasteiger partial charge on any atom is -0.494 e. The Bertz CT molecular complexity index is 715. The van der Waals surface area contributed by atoms with E-state index in [1.54, 1.807) is 0 Å². The van der Waals surface area contributed by atoms with Crippen molar-refractivity contribution < 1.29 is 4.74 Å². The molecule has 2 aromatic rings. The molecule has 1 heterocycles. The van der Waals surface area contributed by atoms with E-state index in [2.05, 4.69) is 22.3 Å². The maximum absolute atomic E-state index is 6.52. The zero-order chi connectivity index (χ0) is 17.6. The van der Waals surface area contributed by atoms with E-state index in [1.165, 1.54) is 19.3 Å². The number of anilines is 2. The number of hydrogen-bond acceptors (Lipinski definition) is 3. The highest BCUT2D eigenvalue weighted by atomic mass is 35.5. The van der Waals surface area contributed by atoms with E-state index in [9.17, 15) is 0 Å². The second kappa shape index (κ2) is 8.68. The van der Waals surface area contributed by atoms with Crippen LogP contribution in [0.1, 0.15) is 31.7 Å². The molecule has 0 spiro atoms. The molecule has 0 atom stereocenters. The van der Waals surface area contributed by atoms with Gasteiger partial charge in [0.1, 0.15) is 5.75 Å². The van der Waals surface area contributed by atoms with Gasteiger partial charge in [-0.2, -0.15) is 0 Å². The number of nitrogens with zero attached hydrogens (tertiary/aromatic N) is 1. The third-order valence-electron chi connectivity index (χ3n) is 4.45. The van der Waals surface area contributed by atoms with Gasteiger partial charge < -0.3 is 15.0 Å². The molecule has 134 valence electrons. The Kier molecular flexibility index (Phi) is 6.33. The van der Waals surface area contributed by atoms with Crippen molar-refractivity contribution in [1.82, 2.24) is 0 Å². The smallest absolute Gasteiger partial charge is 0.124 e. The van der Waals surface area contributed by atoms with Crippen LogP contribution in [-0.4, -0.2) is 19.7 Å². The first kappa shape index (κ1) is 18.2. The summed E-state index contributed by atoms with van der Waals surface area (Å²) in [6.45, 7) is 5.42. The lowest BCUT2D eigenvalue weighted by Gasteiger charge is -2.29. The zero-order valence-corrected chi connectivity index (χ0v) is 16.0. The molecule has 0 bridgehead atoms. The molecule has 0 amide bonds. The first-order valence-corrected chi connectivity index (χ1v) is 9.62. The Labute approximate surface area is 159 Å². The summed E-state index contributed by atoms with van der Waals surface area (Å²) in [4.78, 5) is 2.37. The van der Waals surface area contributed by atoms with Crippen LogP contribution in [0, 0.1) is 0 Å². The number of halogens is 2. The summed E-state index contributed by atoms with van der Waals surface area (Å²) in [7, 11) is 0. The Hall–Kier alpha value is -1.58. The van der Waals surface area contributed by atoms with Gasteiger partial charge in [0, 0.05) is 35.9 Å². The van der Waals surface area contributed by atoms with Crippen molar-refractivity contribution in [2.75, 3.05) is 29.9 Å². The van der Waals surface area contributed by atoms with Gasteiger partial charge in [-0.1, -0.05) is 23.2 Å². The van der Waals surface area contributed by atoms with E-state index in [-0.39, 0.29) is 0 Å². The van der Waals surface area contributed by atoms with Crippen molar-refractivity contribution >= 4 is 34.6 Å². The van der Waals surface area contributed by atoms with Gasteiger partial charge >= 0.3 is 0 Å². The normalized spacial score (nSPS) is 14.4. The average Bonchev–Trinajstić information content (AvgIpc) is 2.63. The van der Waals surface area contributed by atoms with Crippen LogP contribution in [-0.2, 0) is 6.54 Å². The number of nitrogens with one attached hydrogen (secondary N) is 1. The summed E-state index contributed by atoms with van der Waals surface area (Å²) >= 11 is 12.6. The third kappa shape index (κ3) is 4.74. The van der Waals surface area contributed by atoms with E-state index < -0.39 is 0 Å². The minimum atomic E-state index is 0.630. The van der Waals surface area contributed by atoms with E-state index in [0.29, 0.717) is 18.2 Å². The van der Waals surface area contributed by atoms with Crippen LogP contribution < -0.4 is 15.0 Å². The Balaban J connectivity index is 1.69. The molecule has 3 nitrogen and oxygen atoms in total. The highest BCUT2D eigenvalue weighted by Crippen LogP contribution is 2.31. The fraction of sp³-hybridized carbons (Fsp3) is 0.400. The van der Waals surface area contributed by atoms with Gasteiger partial charge in [0.05, 0.1) is 17.3 Å². The van der Waals surface area contributed by atoms with Crippen molar-refractivity contribution in [3.63, 3.8) is 0 Å². The zero-order valence-electron chi connectivity index (χ0n) is 14.5. The number of benzene rings is 2. The summed E-state index contributed by atoms with van der Waals surface area (Å²) in [5.74, 6) is 0.857. The van der Waals surface area contributed by atoms with Gasteiger partial charge in [0.25, 0.3) is 0 Å². The maximum atomic E-state index is 6.52. The molecule has 25 heavy (non-hydrogen) atoms. The second-order valence-electron chi connectivity index (χ2n) is 6.25.